The summed E-state index contributed by atoms with van der Waals surface area (Å²) in [5.41, 5.74) is 2.68. The molecule has 1 saturated heterocycles. The van der Waals surface area contributed by atoms with Crippen LogP contribution in [0, 0.1) is 0 Å². The van der Waals surface area contributed by atoms with E-state index in [1.807, 2.05) is 0 Å². The van der Waals surface area contributed by atoms with Crippen molar-refractivity contribution in [2.24, 2.45) is 0 Å². The number of aliphatic hydroxyl groups is 1. The van der Waals surface area contributed by atoms with Gasteiger partial charge in [0, 0.05) is 13.1 Å². The largest absolute Gasteiger partial charge is 0.390 e. The number of likely N-dealkylation sites (N-methyl/N-ethyl adjacent to an activating group) is 1. The Labute approximate surface area is 102 Å². The Morgan fingerprint density at radius 2 is 2.12 bits per heavy atom. The van der Waals surface area contributed by atoms with Crippen molar-refractivity contribution in [1.82, 2.24) is 10.2 Å². The summed E-state index contributed by atoms with van der Waals surface area (Å²) in [7, 11) is 2.08. The molecule has 3 nitrogen and oxygen atoms in total. The number of benzene rings is 1. The van der Waals surface area contributed by atoms with E-state index in [0.717, 1.165) is 32.5 Å². The average molecular weight is 232 g/mol. The SMILES string of the molecule is CN1CCC2(Cc3ccccc3CN2)C(O)C1. The molecule has 2 atom stereocenters. The topological polar surface area (TPSA) is 35.5 Å². The fourth-order valence-corrected chi connectivity index (χ4v) is 3.11. The van der Waals surface area contributed by atoms with Crippen molar-refractivity contribution in [2.75, 3.05) is 20.1 Å². The Morgan fingerprint density at radius 3 is 2.88 bits per heavy atom. The van der Waals surface area contributed by atoms with Crippen LogP contribution >= 0.6 is 0 Å². The Bertz CT molecular complexity index is 420. The first kappa shape index (κ1) is 11.2. The highest BCUT2D eigenvalue weighted by molar-refractivity contribution is 5.32. The van der Waals surface area contributed by atoms with Gasteiger partial charge in [-0.05, 0) is 37.6 Å². The standard InChI is InChI=1S/C14H20N2O/c1-16-7-6-14(13(17)10-16)8-11-4-2-3-5-12(11)9-15-14/h2-5,13,15,17H,6-10H2,1H3. The van der Waals surface area contributed by atoms with Gasteiger partial charge in [0.25, 0.3) is 0 Å². The van der Waals surface area contributed by atoms with Crippen molar-refractivity contribution in [3.63, 3.8) is 0 Å². The monoisotopic (exact) mass is 232 g/mol. The second-order valence-electron chi connectivity index (χ2n) is 5.48. The second kappa shape index (κ2) is 4.09. The van der Waals surface area contributed by atoms with Crippen LogP contribution in [-0.4, -0.2) is 41.8 Å². The zero-order valence-corrected chi connectivity index (χ0v) is 10.3. The van der Waals surface area contributed by atoms with E-state index in [1.165, 1.54) is 11.1 Å². The van der Waals surface area contributed by atoms with E-state index >= 15 is 0 Å². The third kappa shape index (κ3) is 1.88. The molecule has 1 aromatic rings. The second-order valence-corrected chi connectivity index (χ2v) is 5.48. The number of β-amino-alcohol motifs (C(OH)–C–C–N with tert-alkyl or cyclic N) is 1. The van der Waals surface area contributed by atoms with E-state index < -0.39 is 0 Å². The quantitative estimate of drug-likeness (QED) is 0.693. The van der Waals surface area contributed by atoms with Crippen LogP contribution in [-0.2, 0) is 13.0 Å². The van der Waals surface area contributed by atoms with Gasteiger partial charge in [0.2, 0.25) is 0 Å². The molecule has 92 valence electrons. The van der Waals surface area contributed by atoms with Crippen molar-refractivity contribution >= 4 is 0 Å². The molecule has 1 aromatic carbocycles. The van der Waals surface area contributed by atoms with Crippen molar-refractivity contribution < 1.29 is 5.11 Å². The van der Waals surface area contributed by atoms with Crippen LogP contribution in [0.4, 0.5) is 0 Å². The predicted octanol–water partition coefficient (Wildman–Crippen LogP) is 0.768. The maximum atomic E-state index is 10.4. The van der Waals surface area contributed by atoms with Crippen LogP contribution in [0.25, 0.3) is 0 Å². The average Bonchev–Trinajstić information content (AvgIpc) is 2.35. The summed E-state index contributed by atoms with van der Waals surface area (Å²) in [5.74, 6) is 0. The molecule has 3 rings (SSSR count). The Balaban J connectivity index is 1.87. The van der Waals surface area contributed by atoms with E-state index in [4.69, 9.17) is 0 Å². The lowest BCUT2D eigenvalue weighted by Gasteiger charge is -2.48. The molecule has 2 unspecified atom stereocenters. The number of hydrogen-bond donors (Lipinski definition) is 2. The molecule has 3 heteroatoms. The fraction of sp³-hybridized carbons (Fsp3) is 0.571. The number of hydrogen-bond acceptors (Lipinski definition) is 3. The molecule has 17 heavy (non-hydrogen) atoms. The van der Waals surface area contributed by atoms with Crippen LogP contribution in [0.1, 0.15) is 17.5 Å². The summed E-state index contributed by atoms with van der Waals surface area (Å²) < 4.78 is 0. The van der Waals surface area contributed by atoms with Crippen molar-refractivity contribution in [1.29, 1.82) is 0 Å². The first-order valence-corrected chi connectivity index (χ1v) is 6.38. The highest BCUT2D eigenvalue weighted by atomic mass is 16.3. The molecule has 1 fully saturated rings. The van der Waals surface area contributed by atoms with Crippen LogP contribution in [0.5, 0.6) is 0 Å². The van der Waals surface area contributed by atoms with E-state index in [9.17, 15) is 5.11 Å². The maximum absolute atomic E-state index is 10.4. The van der Waals surface area contributed by atoms with Gasteiger partial charge in [0.15, 0.2) is 0 Å². The summed E-state index contributed by atoms with van der Waals surface area (Å²) in [5, 5.41) is 14.0. The number of aliphatic hydroxyl groups excluding tert-OH is 1. The van der Waals surface area contributed by atoms with Crippen LogP contribution < -0.4 is 5.32 Å². The van der Waals surface area contributed by atoms with Gasteiger partial charge < -0.3 is 15.3 Å². The highest BCUT2D eigenvalue weighted by Gasteiger charge is 2.43. The molecule has 0 amide bonds. The normalized spacial score (nSPS) is 33.6. The van der Waals surface area contributed by atoms with Gasteiger partial charge in [-0.3, -0.25) is 0 Å². The summed E-state index contributed by atoms with van der Waals surface area (Å²) in [6.07, 6.45) is 1.71. The highest BCUT2D eigenvalue weighted by Crippen LogP contribution is 2.31. The molecule has 0 radical (unpaired) electrons. The van der Waals surface area contributed by atoms with Gasteiger partial charge in [0.05, 0.1) is 11.6 Å². The van der Waals surface area contributed by atoms with Crippen molar-refractivity contribution in [3.05, 3.63) is 35.4 Å². The Hall–Kier alpha value is -0.900. The Morgan fingerprint density at radius 1 is 1.35 bits per heavy atom. The third-order valence-corrected chi connectivity index (χ3v) is 4.32. The number of rotatable bonds is 0. The minimum Gasteiger partial charge on any atom is -0.390 e. The lowest BCUT2D eigenvalue weighted by molar-refractivity contribution is -0.0110. The molecule has 2 aliphatic rings. The lowest BCUT2D eigenvalue weighted by Crippen LogP contribution is -2.64. The van der Waals surface area contributed by atoms with E-state index in [1.54, 1.807) is 0 Å². The first-order valence-electron chi connectivity index (χ1n) is 6.38. The van der Waals surface area contributed by atoms with E-state index in [0.29, 0.717) is 0 Å². The smallest absolute Gasteiger partial charge is 0.0852 e. The molecule has 0 bridgehead atoms. The lowest BCUT2D eigenvalue weighted by atomic mass is 9.76. The molecule has 1 spiro atoms. The molecule has 0 aliphatic carbocycles. The molecule has 0 aromatic heterocycles. The van der Waals surface area contributed by atoms with Crippen LogP contribution in [0.15, 0.2) is 24.3 Å². The number of nitrogens with one attached hydrogen (secondary N) is 1. The van der Waals surface area contributed by atoms with Crippen LogP contribution in [0.3, 0.4) is 0 Å². The number of fused-ring (bicyclic) bond motifs is 1. The zero-order chi connectivity index (χ0) is 11.9. The van der Waals surface area contributed by atoms with Gasteiger partial charge in [-0.1, -0.05) is 24.3 Å². The molecule has 2 N–H and O–H groups in total. The third-order valence-electron chi connectivity index (χ3n) is 4.32. The number of nitrogens with zero attached hydrogens (tertiary/aromatic N) is 1. The minimum absolute atomic E-state index is 0.0964. The molecular formula is C14H20N2O. The summed E-state index contributed by atoms with van der Waals surface area (Å²) in [6, 6.07) is 8.56. The summed E-state index contributed by atoms with van der Waals surface area (Å²) >= 11 is 0. The molecule has 0 saturated carbocycles. The zero-order valence-electron chi connectivity index (χ0n) is 10.3. The summed E-state index contributed by atoms with van der Waals surface area (Å²) in [6.45, 7) is 2.72. The first-order chi connectivity index (χ1) is 8.20. The Kier molecular flexibility index (Phi) is 2.69. The molecule has 2 heterocycles. The van der Waals surface area contributed by atoms with Crippen molar-refractivity contribution in [3.8, 4) is 0 Å². The fourth-order valence-electron chi connectivity index (χ4n) is 3.11. The van der Waals surface area contributed by atoms with Gasteiger partial charge in [-0.25, -0.2) is 0 Å². The van der Waals surface area contributed by atoms with Gasteiger partial charge >= 0.3 is 0 Å². The minimum atomic E-state index is -0.269. The van der Waals surface area contributed by atoms with Crippen molar-refractivity contribution in [2.45, 2.75) is 31.0 Å². The predicted molar refractivity (Wildman–Crippen MR) is 67.8 cm³/mol. The molecule has 2 aliphatic heterocycles. The number of likely N-dealkylation sites (tertiary alicyclic amines) is 1. The van der Waals surface area contributed by atoms with Gasteiger partial charge in [-0.2, -0.15) is 0 Å². The van der Waals surface area contributed by atoms with E-state index in [2.05, 4.69) is 41.5 Å². The van der Waals surface area contributed by atoms with Crippen LogP contribution in [0.2, 0.25) is 0 Å². The van der Waals surface area contributed by atoms with E-state index in [-0.39, 0.29) is 11.6 Å². The van der Waals surface area contributed by atoms with Gasteiger partial charge in [-0.15, -0.1) is 0 Å². The van der Waals surface area contributed by atoms with Gasteiger partial charge in [0.1, 0.15) is 0 Å². The maximum Gasteiger partial charge on any atom is 0.0852 e. The number of piperidine rings is 1. The molecular weight excluding hydrogens is 212 g/mol. The summed E-state index contributed by atoms with van der Waals surface area (Å²) in [4.78, 5) is 2.21.